The van der Waals surface area contributed by atoms with Crippen molar-refractivity contribution in [3.05, 3.63) is 88.5 Å². The number of benzene rings is 3. The number of hydrogen-bond donors (Lipinski definition) is 1. The van der Waals surface area contributed by atoms with E-state index in [2.05, 4.69) is 56.3 Å². The number of carboxylic acid groups (broad SMARTS) is 1. The summed E-state index contributed by atoms with van der Waals surface area (Å²) in [5.74, 6) is -0.952. The van der Waals surface area contributed by atoms with E-state index in [4.69, 9.17) is 19.3 Å². The number of ether oxygens (including phenoxy) is 3. The van der Waals surface area contributed by atoms with Crippen LogP contribution in [0.2, 0.25) is 0 Å². The highest BCUT2D eigenvalue weighted by molar-refractivity contribution is 5.71. The molecule has 170 valence electrons. The van der Waals surface area contributed by atoms with Crippen LogP contribution in [-0.2, 0) is 26.5 Å². The molecule has 2 aliphatic rings. The molecule has 1 fully saturated rings. The molecule has 0 aliphatic carbocycles. The van der Waals surface area contributed by atoms with Gasteiger partial charge in [0, 0.05) is 12.8 Å². The van der Waals surface area contributed by atoms with E-state index in [1.165, 1.54) is 22.3 Å². The summed E-state index contributed by atoms with van der Waals surface area (Å²) in [5, 5.41) is 9.04. The predicted octanol–water partition coefficient (Wildman–Crippen LogP) is 5.71. The second kappa shape index (κ2) is 8.65. The molecule has 3 aromatic rings. The summed E-state index contributed by atoms with van der Waals surface area (Å²) in [6, 6.07) is 20.7. The van der Waals surface area contributed by atoms with Gasteiger partial charge in [-0.05, 0) is 71.8 Å². The highest BCUT2D eigenvalue weighted by Crippen LogP contribution is 2.49. The lowest BCUT2D eigenvalue weighted by Gasteiger charge is -2.38. The molecule has 0 radical (unpaired) electrons. The summed E-state index contributed by atoms with van der Waals surface area (Å²) < 4.78 is 18.8. The highest BCUT2D eigenvalue weighted by Gasteiger charge is 2.47. The van der Waals surface area contributed by atoms with Gasteiger partial charge in [-0.2, -0.15) is 0 Å². The molecular formula is C28H28O5. The molecule has 1 N–H and O–H groups in total. The monoisotopic (exact) mass is 444 g/mol. The Hall–Kier alpha value is -3.15. The van der Waals surface area contributed by atoms with E-state index in [-0.39, 0.29) is 12.5 Å². The van der Waals surface area contributed by atoms with Crippen molar-refractivity contribution >= 4 is 5.97 Å². The molecule has 5 nitrogen and oxygen atoms in total. The Balaban J connectivity index is 1.50. The lowest BCUT2D eigenvalue weighted by molar-refractivity contribution is -0.195. The average molecular weight is 445 g/mol. The molecule has 0 amide bonds. The van der Waals surface area contributed by atoms with Gasteiger partial charge in [0.2, 0.25) is 5.79 Å². The van der Waals surface area contributed by atoms with Crippen LogP contribution in [0.1, 0.15) is 46.8 Å². The first kappa shape index (κ1) is 21.7. The van der Waals surface area contributed by atoms with Gasteiger partial charge in [0.05, 0.1) is 18.8 Å². The van der Waals surface area contributed by atoms with E-state index < -0.39 is 11.8 Å². The smallest absolute Gasteiger partial charge is 0.303 e. The fourth-order valence-electron chi connectivity index (χ4n) is 5.01. The fourth-order valence-corrected chi connectivity index (χ4v) is 5.01. The Morgan fingerprint density at radius 3 is 2.45 bits per heavy atom. The maximum absolute atomic E-state index is 11.0. The zero-order valence-electron chi connectivity index (χ0n) is 19.0. The first-order chi connectivity index (χ1) is 15.9. The molecule has 1 spiro atoms. The van der Waals surface area contributed by atoms with Crippen LogP contribution in [-0.4, -0.2) is 24.3 Å². The second-order valence-corrected chi connectivity index (χ2v) is 8.88. The fraction of sp³-hybridized carbons (Fsp3) is 0.321. The number of carboxylic acids is 1. The third-order valence-corrected chi connectivity index (χ3v) is 6.59. The molecule has 33 heavy (non-hydrogen) atoms. The highest BCUT2D eigenvalue weighted by atomic mass is 16.7. The van der Waals surface area contributed by atoms with Crippen LogP contribution in [0, 0.1) is 13.8 Å². The average Bonchev–Trinajstić information content (AvgIpc) is 3.27. The third-order valence-electron chi connectivity index (χ3n) is 6.59. The predicted molar refractivity (Wildman–Crippen MR) is 125 cm³/mol. The largest absolute Gasteiger partial charge is 0.485 e. The molecule has 2 aliphatic heterocycles. The van der Waals surface area contributed by atoms with Gasteiger partial charge in [0.15, 0.2) is 0 Å². The van der Waals surface area contributed by atoms with Crippen LogP contribution in [0.4, 0.5) is 0 Å². The van der Waals surface area contributed by atoms with Crippen molar-refractivity contribution < 1.29 is 24.1 Å². The number of aliphatic carboxylic acids is 1. The lowest BCUT2D eigenvalue weighted by Crippen LogP contribution is -2.35. The Kier molecular flexibility index (Phi) is 5.69. The van der Waals surface area contributed by atoms with Crippen LogP contribution in [0.25, 0.3) is 11.1 Å². The summed E-state index contributed by atoms with van der Waals surface area (Å²) >= 11 is 0. The SMILES string of the molecule is Cc1cccc(C)c1-c1cccc(C2CC3(OCCO3)c3cc(CCC(=O)O)ccc3O2)c1. The van der Waals surface area contributed by atoms with Crippen LogP contribution in [0.3, 0.4) is 0 Å². The van der Waals surface area contributed by atoms with Gasteiger partial charge < -0.3 is 19.3 Å². The molecule has 1 atom stereocenters. The van der Waals surface area contributed by atoms with E-state index in [1.807, 2.05) is 18.2 Å². The molecular weight excluding hydrogens is 416 g/mol. The maximum atomic E-state index is 11.0. The minimum Gasteiger partial charge on any atom is -0.485 e. The van der Waals surface area contributed by atoms with E-state index in [9.17, 15) is 4.79 Å². The molecule has 1 unspecified atom stereocenters. The van der Waals surface area contributed by atoms with E-state index in [1.54, 1.807) is 0 Å². The van der Waals surface area contributed by atoms with E-state index in [0.717, 1.165) is 22.4 Å². The number of hydrogen-bond acceptors (Lipinski definition) is 4. The first-order valence-corrected chi connectivity index (χ1v) is 11.4. The molecule has 0 aromatic heterocycles. The van der Waals surface area contributed by atoms with Gasteiger partial charge in [-0.3, -0.25) is 4.79 Å². The molecule has 2 heterocycles. The van der Waals surface area contributed by atoms with Gasteiger partial charge in [-0.15, -0.1) is 0 Å². The molecule has 3 aromatic carbocycles. The Morgan fingerprint density at radius 2 is 1.73 bits per heavy atom. The van der Waals surface area contributed by atoms with Crippen LogP contribution in [0.5, 0.6) is 5.75 Å². The molecule has 0 bridgehead atoms. The molecule has 1 saturated heterocycles. The summed E-state index contributed by atoms with van der Waals surface area (Å²) in [7, 11) is 0. The van der Waals surface area contributed by atoms with Gasteiger partial charge in [-0.25, -0.2) is 0 Å². The van der Waals surface area contributed by atoms with Gasteiger partial charge in [-0.1, -0.05) is 42.5 Å². The number of fused-ring (bicyclic) bond motifs is 2. The Morgan fingerprint density at radius 1 is 1.00 bits per heavy atom. The van der Waals surface area contributed by atoms with Crippen molar-refractivity contribution in [1.29, 1.82) is 0 Å². The van der Waals surface area contributed by atoms with Crippen molar-refractivity contribution in [3.63, 3.8) is 0 Å². The van der Waals surface area contributed by atoms with Gasteiger partial charge in [0.25, 0.3) is 0 Å². The normalized spacial score (nSPS) is 18.7. The van der Waals surface area contributed by atoms with Crippen molar-refractivity contribution in [2.45, 2.75) is 45.0 Å². The molecule has 5 rings (SSSR count). The summed E-state index contributed by atoms with van der Waals surface area (Å²) in [5.41, 5.74) is 7.78. The zero-order chi connectivity index (χ0) is 23.0. The van der Waals surface area contributed by atoms with E-state index in [0.29, 0.717) is 26.1 Å². The van der Waals surface area contributed by atoms with Crippen LogP contribution < -0.4 is 4.74 Å². The van der Waals surface area contributed by atoms with Crippen LogP contribution >= 0.6 is 0 Å². The number of rotatable bonds is 5. The van der Waals surface area contributed by atoms with Crippen molar-refractivity contribution in [1.82, 2.24) is 0 Å². The maximum Gasteiger partial charge on any atom is 0.303 e. The molecule has 5 heteroatoms. The van der Waals surface area contributed by atoms with Crippen molar-refractivity contribution in [2.75, 3.05) is 13.2 Å². The van der Waals surface area contributed by atoms with Crippen molar-refractivity contribution in [2.24, 2.45) is 0 Å². The zero-order valence-corrected chi connectivity index (χ0v) is 19.0. The second-order valence-electron chi connectivity index (χ2n) is 8.88. The Labute approximate surface area is 193 Å². The number of carbonyl (C=O) groups is 1. The lowest BCUT2D eigenvalue weighted by atomic mass is 9.88. The van der Waals surface area contributed by atoms with Gasteiger partial charge >= 0.3 is 5.97 Å². The summed E-state index contributed by atoms with van der Waals surface area (Å²) in [6.07, 6.45) is 0.866. The summed E-state index contributed by atoms with van der Waals surface area (Å²) in [4.78, 5) is 11.0. The minimum atomic E-state index is -0.869. The van der Waals surface area contributed by atoms with Gasteiger partial charge in [0.1, 0.15) is 11.9 Å². The minimum absolute atomic E-state index is 0.0854. The van der Waals surface area contributed by atoms with Crippen LogP contribution in [0.15, 0.2) is 60.7 Å². The Bertz CT molecular complexity index is 1170. The third kappa shape index (κ3) is 4.14. The van der Waals surface area contributed by atoms with Crippen molar-refractivity contribution in [3.8, 4) is 16.9 Å². The number of aryl methyl sites for hydroxylation is 3. The topological polar surface area (TPSA) is 65.0 Å². The molecule has 0 saturated carbocycles. The first-order valence-electron chi connectivity index (χ1n) is 11.4. The summed E-state index contributed by atoms with van der Waals surface area (Å²) in [6.45, 7) is 5.32. The quantitative estimate of drug-likeness (QED) is 0.546. The van der Waals surface area contributed by atoms with E-state index >= 15 is 0 Å². The standard InChI is InChI=1S/C28H28O5/c1-18-5-3-6-19(2)27(18)22-8-4-7-21(16-22)25-17-28(31-13-14-32-28)23-15-20(10-12-26(29)30)9-11-24(23)33-25/h3-9,11,15-16,25H,10,12-14,17H2,1-2H3,(H,29,30).